The van der Waals surface area contributed by atoms with Crippen LogP contribution in [0.4, 0.5) is 5.69 Å². The molecule has 1 amide bonds. The minimum absolute atomic E-state index is 0.150. The van der Waals surface area contributed by atoms with Crippen molar-refractivity contribution in [2.45, 2.75) is 32.7 Å². The highest BCUT2D eigenvalue weighted by atomic mass is 35.5. The molecule has 3 aromatic rings. The summed E-state index contributed by atoms with van der Waals surface area (Å²) in [5, 5.41) is 18.6. The third kappa shape index (κ3) is 3.36. The molecule has 3 N–H and O–H groups in total. The van der Waals surface area contributed by atoms with E-state index in [0.717, 1.165) is 35.6 Å². The van der Waals surface area contributed by atoms with E-state index < -0.39 is 0 Å². The number of nitrogens with zero attached hydrogens (tertiary/aromatic N) is 3. The Labute approximate surface area is 162 Å². The van der Waals surface area contributed by atoms with Crippen molar-refractivity contribution < 1.29 is 4.79 Å². The Morgan fingerprint density at radius 2 is 2.22 bits per heavy atom. The van der Waals surface area contributed by atoms with E-state index in [1.165, 1.54) is 0 Å². The molecule has 0 atom stereocenters. The minimum Gasteiger partial charge on any atom is -0.318 e. The number of benzene rings is 1. The molecule has 0 aliphatic carbocycles. The fraction of sp³-hybridized carbons (Fsp3) is 0.316. The number of fused-ring (bicyclic) bond motifs is 1. The van der Waals surface area contributed by atoms with Gasteiger partial charge in [-0.2, -0.15) is 10.2 Å². The lowest BCUT2D eigenvalue weighted by Crippen LogP contribution is -2.25. The van der Waals surface area contributed by atoms with Gasteiger partial charge in [-0.1, -0.05) is 31.5 Å². The van der Waals surface area contributed by atoms with Crippen LogP contribution in [0.3, 0.4) is 0 Å². The average Bonchev–Trinajstić information content (AvgIpc) is 3.25. The second-order valence-corrected chi connectivity index (χ2v) is 7.34. The number of halogens is 1. The number of carbonyl (C=O) groups is 1. The van der Waals surface area contributed by atoms with Crippen molar-refractivity contribution in [1.82, 2.24) is 25.3 Å². The molecular weight excluding hydrogens is 364 g/mol. The zero-order valence-electron chi connectivity index (χ0n) is 15.2. The van der Waals surface area contributed by atoms with Gasteiger partial charge in [-0.3, -0.25) is 9.89 Å². The number of anilines is 1. The molecule has 0 spiro atoms. The first-order valence-corrected chi connectivity index (χ1v) is 9.34. The van der Waals surface area contributed by atoms with Crippen LogP contribution in [0.25, 0.3) is 5.69 Å². The Balaban J connectivity index is 1.66. The van der Waals surface area contributed by atoms with Gasteiger partial charge in [-0.25, -0.2) is 4.68 Å². The van der Waals surface area contributed by atoms with Crippen molar-refractivity contribution >= 4 is 23.2 Å². The van der Waals surface area contributed by atoms with Crippen LogP contribution in [-0.2, 0) is 13.0 Å². The number of hydrogen-bond donors (Lipinski definition) is 3. The molecule has 0 unspecified atom stereocenters. The quantitative estimate of drug-likeness (QED) is 0.644. The standard InChI is InChI=1S/C19H21ClN6O/c1-11(2)18-16(10-22-26(18)13-5-3-4-12(20)8-13)23-19(27)17-14-9-21-7-6-15(14)24-25-17/h3-5,8,10-11,21H,6-7,9H2,1-2H3,(H,23,27)(H,24,25). The summed E-state index contributed by atoms with van der Waals surface area (Å²) < 4.78 is 1.81. The van der Waals surface area contributed by atoms with Gasteiger partial charge in [0.25, 0.3) is 5.91 Å². The molecule has 3 heterocycles. The van der Waals surface area contributed by atoms with E-state index in [-0.39, 0.29) is 11.8 Å². The lowest BCUT2D eigenvalue weighted by Gasteiger charge is -2.14. The molecule has 0 bridgehead atoms. The maximum Gasteiger partial charge on any atom is 0.276 e. The van der Waals surface area contributed by atoms with Gasteiger partial charge >= 0.3 is 0 Å². The smallest absolute Gasteiger partial charge is 0.276 e. The van der Waals surface area contributed by atoms with Gasteiger partial charge in [0.1, 0.15) is 0 Å². The lowest BCUT2D eigenvalue weighted by atomic mass is 10.1. The highest BCUT2D eigenvalue weighted by molar-refractivity contribution is 6.30. The first kappa shape index (κ1) is 17.8. The van der Waals surface area contributed by atoms with Gasteiger partial charge in [-0.15, -0.1) is 0 Å². The molecule has 8 heteroatoms. The van der Waals surface area contributed by atoms with Crippen LogP contribution < -0.4 is 10.6 Å². The van der Waals surface area contributed by atoms with Crippen LogP contribution in [0, 0.1) is 0 Å². The molecular formula is C19H21ClN6O. The van der Waals surface area contributed by atoms with Crippen molar-refractivity contribution in [3.63, 3.8) is 0 Å². The normalized spacial score (nSPS) is 13.6. The van der Waals surface area contributed by atoms with Crippen LogP contribution in [0.5, 0.6) is 0 Å². The first-order valence-electron chi connectivity index (χ1n) is 8.96. The molecule has 4 rings (SSSR count). The SMILES string of the molecule is CC(C)c1c(NC(=O)c2n[nH]c3c2CNCC3)cnn1-c1cccc(Cl)c1. The summed E-state index contributed by atoms with van der Waals surface area (Å²) in [6.45, 7) is 5.66. The van der Waals surface area contributed by atoms with E-state index in [9.17, 15) is 4.79 Å². The van der Waals surface area contributed by atoms with Gasteiger partial charge in [0, 0.05) is 35.8 Å². The predicted octanol–water partition coefficient (Wildman–Crippen LogP) is 3.27. The fourth-order valence-corrected chi connectivity index (χ4v) is 3.60. The maximum atomic E-state index is 12.8. The summed E-state index contributed by atoms with van der Waals surface area (Å²) in [6.07, 6.45) is 2.52. The molecule has 2 aromatic heterocycles. The number of hydrogen-bond acceptors (Lipinski definition) is 4. The zero-order chi connectivity index (χ0) is 19.0. The fourth-order valence-electron chi connectivity index (χ4n) is 3.42. The van der Waals surface area contributed by atoms with Crippen molar-refractivity contribution in [2.75, 3.05) is 11.9 Å². The Hall–Kier alpha value is -2.64. The molecule has 0 saturated heterocycles. The molecule has 1 aliphatic heterocycles. The molecule has 140 valence electrons. The summed E-state index contributed by atoms with van der Waals surface area (Å²) in [6, 6.07) is 7.49. The molecule has 0 saturated carbocycles. The van der Waals surface area contributed by atoms with Crippen molar-refractivity contribution in [3.8, 4) is 5.69 Å². The van der Waals surface area contributed by atoms with Gasteiger partial charge in [-0.05, 0) is 24.1 Å². The first-order chi connectivity index (χ1) is 13.0. The molecule has 7 nitrogen and oxygen atoms in total. The number of aromatic amines is 1. The number of H-pyrrole nitrogens is 1. The van der Waals surface area contributed by atoms with E-state index in [1.54, 1.807) is 6.20 Å². The molecule has 1 aromatic carbocycles. The number of aromatic nitrogens is 4. The van der Waals surface area contributed by atoms with E-state index in [4.69, 9.17) is 11.6 Å². The van der Waals surface area contributed by atoms with Crippen LogP contribution in [-0.4, -0.2) is 32.4 Å². The van der Waals surface area contributed by atoms with E-state index in [1.807, 2.05) is 28.9 Å². The summed E-state index contributed by atoms with van der Waals surface area (Å²) in [4.78, 5) is 12.8. The number of carbonyl (C=O) groups excluding carboxylic acids is 1. The number of amides is 1. The number of rotatable bonds is 4. The van der Waals surface area contributed by atoms with Crippen molar-refractivity contribution in [1.29, 1.82) is 0 Å². The number of nitrogens with one attached hydrogen (secondary N) is 3. The van der Waals surface area contributed by atoms with E-state index in [2.05, 4.69) is 39.8 Å². The maximum absolute atomic E-state index is 12.8. The van der Waals surface area contributed by atoms with Crippen LogP contribution >= 0.6 is 11.6 Å². The van der Waals surface area contributed by atoms with Gasteiger partial charge in [0.15, 0.2) is 5.69 Å². The van der Waals surface area contributed by atoms with Gasteiger partial charge < -0.3 is 10.6 Å². The van der Waals surface area contributed by atoms with E-state index in [0.29, 0.717) is 22.9 Å². The summed E-state index contributed by atoms with van der Waals surface area (Å²) >= 11 is 6.12. The van der Waals surface area contributed by atoms with Gasteiger partial charge in [0.2, 0.25) is 0 Å². The third-order valence-electron chi connectivity index (χ3n) is 4.68. The summed E-state index contributed by atoms with van der Waals surface area (Å²) in [5.41, 5.74) is 4.84. The summed E-state index contributed by atoms with van der Waals surface area (Å²) in [7, 11) is 0. The lowest BCUT2D eigenvalue weighted by molar-refractivity contribution is 0.102. The van der Waals surface area contributed by atoms with E-state index >= 15 is 0 Å². The van der Waals surface area contributed by atoms with Crippen LogP contribution in [0.2, 0.25) is 5.02 Å². The Morgan fingerprint density at radius 1 is 1.37 bits per heavy atom. The predicted molar refractivity (Wildman–Crippen MR) is 105 cm³/mol. The van der Waals surface area contributed by atoms with Crippen LogP contribution in [0.1, 0.15) is 47.2 Å². The Bertz CT molecular complexity index is 990. The molecule has 1 aliphatic rings. The highest BCUT2D eigenvalue weighted by Crippen LogP contribution is 2.28. The molecule has 0 radical (unpaired) electrons. The molecule has 27 heavy (non-hydrogen) atoms. The minimum atomic E-state index is -0.233. The topological polar surface area (TPSA) is 87.6 Å². The third-order valence-corrected chi connectivity index (χ3v) is 4.91. The zero-order valence-corrected chi connectivity index (χ0v) is 16.0. The summed E-state index contributed by atoms with van der Waals surface area (Å²) in [5.74, 6) is -0.0831. The van der Waals surface area contributed by atoms with Crippen molar-refractivity contribution in [3.05, 3.63) is 58.1 Å². The average molecular weight is 385 g/mol. The second kappa shape index (κ2) is 7.17. The Morgan fingerprint density at radius 3 is 3.00 bits per heavy atom. The van der Waals surface area contributed by atoms with Crippen molar-refractivity contribution in [2.24, 2.45) is 0 Å². The monoisotopic (exact) mass is 384 g/mol. The Kier molecular flexibility index (Phi) is 4.72. The van der Waals surface area contributed by atoms with Gasteiger partial charge in [0.05, 0.1) is 23.3 Å². The largest absolute Gasteiger partial charge is 0.318 e. The second-order valence-electron chi connectivity index (χ2n) is 6.90. The van der Waals surface area contributed by atoms with Crippen LogP contribution in [0.15, 0.2) is 30.5 Å². The highest BCUT2D eigenvalue weighted by Gasteiger charge is 2.24. The molecule has 0 fully saturated rings.